The second-order valence-electron chi connectivity index (χ2n) is 4.06. The Hall–Kier alpha value is -2.93. The van der Waals surface area contributed by atoms with E-state index in [1.165, 1.54) is 5.39 Å². The first kappa shape index (κ1) is 11.2. The van der Waals surface area contributed by atoms with Gasteiger partial charge in [0, 0.05) is 11.8 Å². The fourth-order valence-electron chi connectivity index (χ4n) is 1.98. The van der Waals surface area contributed by atoms with Gasteiger partial charge >= 0.3 is 0 Å². The van der Waals surface area contributed by atoms with Crippen molar-refractivity contribution in [3.63, 3.8) is 0 Å². The first-order valence-corrected chi connectivity index (χ1v) is 5.84. The SMILES string of the molecule is N#CNc1nccc(-c2ccc3ccccc3c2)n1. The average Bonchev–Trinajstić information content (AvgIpc) is 2.47. The second kappa shape index (κ2) is 4.75. The number of benzene rings is 2. The fraction of sp³-hybridized carbons (Fsp3) is 0. The van der Waals surface area contributed by atoms with Gasteiger partial charge in [-0.3, -0.25) is 5.32 Å². The highest BCUT2D eigenvalue weighted by Gasteiger charge is 2.03. The lowest BCUT2D eigenvalue weighted by atomic mass is 10.1. The van der Waals surface area contributed by atoms with Crippen molar-refractivity contribution in [2.45, 2.75) is 0 Å². The summed E-state index contributed by atoms with van der Waals surface area (Å²) in [5, 5.41) is 13.4. The average molecular weight is 246 g/mol. The predicted octanol–water partition coefficient (Wildman–Crippen LogP) is 3.19. The number of anilines is 1. The summed E-state index contributed by atoms with van der Waals surface area (Å²) in [6.45, 7) is 0. The summed E-state index contributed by atoms with van der Waals surface area (Å²) < 4.78 is 0. The summed E-state index contributed by atoms with van der Waals surface area (Å²) in [6, 6.07) is 16.1. The molecule has 19 heavy (non-hydrogen) atoms. The molecule has 3 rings (SSSR count). The van der Waals surface area contributed by atoms with Crippen LogP contribution in [0.3, 0.4) is 0 Å². The van der Waals surface area contributed by atoms with Gasteiger partial charge in [-0.15, -0.1) is 0 Å². The van der Waals surface area contributed by atoms with Gasteiger partial charge in [0.15, 0.2) is 6.19 Å². The van der Waals surface area contributed by atoms with E-state index in [1.807, 2.05) is 30.5 Å². The number of nitrogens with one attached hydrogen (secondary N) is 1. The molecule has 0 amide bonds. The monoisotopic (exact) mass is 246 g/mol. The number of rotatable bonds is 2. The normalized spacial score (nSPS) is 10.1. The molecule has 3 aromatic rings. The highest BCUT2D eigenvalue weighted by molar-refractivity contribution is 5.86. The van der Waals surface area contributed by atoms with E-state index in [4.69, 9.17) is 5.26 Å². The standard InChI is InChI=1S/C15H10N4/c16-10-18-15-17-8-7-14(19-15)13-6-5-11-3-1-2-4-12(11)9-13/h1-9H,(H,17,18,19). The molecule has 0 radical (unpaired) electrons. The highest BCUT2D eigenvalue weighted by Crippen LogP contribution is 2.23. The van der Waals surface area contributed by atoms with Crippen LogP contribution in [-0.2, 0) is 0 Å². The van der Waals surface area contributed by atoms with Gasteiger partial charge in [-0.05, 0) is 22.9 Å². The Morgan fingerprint density at radius 1 is 1.00 bits per heavy atom. The van der Waals surface area contributed by atoms with Crippen LogP contribution in [-0.4, -0.2) is 9.97 Å². The van der Waals surface area contributed by atoms with Crippen molar-refractivity contribution in [3.05, 3.63) is 54.7 Å². The second-order valence-corrected chi connectivity index (χ2v) is 4.06. The fourth-order valence-corrected chi connectivity index (χ4v) is 1.98. The van der Waals surface area contributed by atoms with Crippen LogP contribution in [0.1, 0.15) is 0 Å². The molecular weight excluding hydrogens is 236 g/mol. The predicted molar refractivity (Wildman–Crippen MR) is 74.2 cm³/mol. The zero-order valence-electron chi connectivity index (χ0n) is 10.0. The molecule has 4 nitrogen and oxygen atoms in total. The van der Waals surface area contributed by atoms with Gasteiger partial charge in [-0.2, -0.15) is 5.26 Å². The van der Waals surface area contributed by atoms with Gasteiger partial charge in [0.05, 0.1) is 5.69 Å². The van der Waals surface area contributed by atoms with Crippen molar-refractivity contribution in [1.82, 2.24) is 9.97 Å². The Labute approximate surface area is 110 Å². The molecule has 1 heterocycles. The number of fused-ring (bicyclic) bond motifs is 1. The van der Waals surface area contributed by atoms with Gasteiger partial charge < -0.3 is 0 Å². The summed E-state index contributed by atoms with van der Waals surface area (Å²) in [7, 11) is 0. The maximum atomic E-state index is 8.58. The number of aromatic nitrogens is 2. The lowest BCUT2D eigenvalue weighted by molar-refractivity contribution is 1.17. The third-order valence-corrected chi connectivity index (χ3v) is 2.87. The summed E-state index contributed by atoms with van der Waals surface area (Å²) in [6.07, 6.45) is 3.45. The van der Waals surface area contributed by atoms with Crippen LogP contribution in [0, 0.1) is 11.5 Å². The van der Waals surface area contributed by atoms with E-state index in [1.54, 1.807) is 6.20 Å². The summed E-state index contributed by atoms with van der Waals surface area (Å²) in [4.78, 5) is 8.27. The maximum Gasteiger partial charge on any atom is 0.236 e. The van der Waals surface area contributed by atoms with E-state index in [0.717, 1.165) is 16.6 Å². The molecule has 0 bridgehead atoms. The number of nitriles is 1. The lowest BCUT2D eigenvalue weighted by Crippen LogP contribution is -1.96. The highest BCUT2D eigenvalue weighted by atomic mass is 15.1. The largest absolute Gasteiger partial charge is 0.261 e. The smallest absolute Gasteiger partial charge is 0.236 e. The van der Waals surface area contributed by atoms with Gasteiger partial charge in [0.2, 0.25) is 5.95 Å². The van der Waals surface area contributed by atoms with Crippen LogP contribution in [0.2, 0.25) is 0 Å². The van der Waals surface area contributed by atoms with Crippen molar-refractivity contribution in [1.29, 1.82) is 5.26 Å². The van der Waals surface area contributed by atoms with E-state index in [0.29, 0.717) is 5.95 Å². The zero-order chi connectivity index (χ0) is 13.1. The lowest BCUT2D eigenvalue weighted by Gasteiger charge is -2.04. The number of hydrogen-bond acceptors (Lipinski definition) is 4. The zero-order valence-corrected chi connectivity index (χ0v) is 10.0. The third-order valence-electron chi connectivity index (χ3n) is 2.87. The molecule has 0 saturated carbocycles. The van der Waals surface area contributed by atoms with Crippen LogP contribution >= 0.6 is 0 Å². The Kier molecular flexibility index (Phi) is 2.79. The Morgan fingerprint density at radius 3 is 2.68 bits per heavy atom. The van der Waals surface area contributed by atoms with E-state index in [9.17, 15) is 0 Å². The van der Waals surface area contributed by atoms with Crippen molar-refractivity contribution in [3.8, 4) is 17.5 Å². The molecule has 0 aliphatic carbocycles. The van der Waals surface area contributed by atoms with Crippen molar-refractivity contribution in [2.75, 3.05) is 5.32 Å². The van der Waals surface area contributed by atoms with Gasteiger partial charge in [0.1, 0.15) is 0 Å². The molecule has 0 fully saturated rings. The Morgan fingerprint density at radius 2 is 1.84 bits per heavy atom. The third kappa shape index (κ3) is 2.22. The molecule has 0 atom stereocenters. The van der Waals surface area contributed by atoms with E-state index in [-0.39, 0.29) is 0 Å². The van der Waals surface area contributed by atoms with Gasteiger partial charge in [-0.25, -0.2) is 9.97 Å². The minimum atomic E-state index is 0.313. The molecule has 1 N–H and O–H groups in total. The van der Waals surface area contributed by atoms with E-state index in [2.05, 4.69) is 39.6 Å². The van der Waals surface area contributed by atoms with Crippen LogP contribution in [0.5, 0.6) is 0 Å². The molecule has 4 heteroatoms. The molecule has 1 aromatic heterocycles. The maximum absolute atomic E-state index is 8.58. The molecule has 0 saturated heterocycles. The summed E-state index contributed by atoms with van der Waals surface area (Å²) >= 11 is 0. The van der Waals surface area contributed by atoms with Crippen LogP contribution in [0.4, 0.5) is 5.95 Å². The summed E-state index contributed by atoms with van der Waals surface area (Å²) in [5.74, 6) is 0.313. The Bertz CT molecular complexity index is 774. The molecule has 0 aliphatic rings. The molecule has 0 aliphatic heterocycles. The molecule has 2 aromatic carbocycles. The topological polar surface area (TPSA) is 61.6 Å². The quantitative estimate of drug-likeness (QED) is 0.557. The number of hydrogen-bond donors (Lipinski definition) is 1. The first-order chi connectivity index (χ1) is 9.36. The molecular formula is C15H10N4. The number of nitrogens with zero attached hydrogens (tertiary/aromatic N) is 3. The van der Waals surface area contributed by atoms with E-state index >= 15 is 0 Å². The minimum absolute atomic E-state index is 0.313. The Balaban J connectivity index is 2.08. The van der Waals surface area contributed by atoms with Crippen molar-refractivity contribution in [2.24, 2.45) is 0 Å². The van der Waals surface area contributed by atoms with E-state index < -0.39 is 0 Å². The van der Waals surface area contributed by atoms with Gasteiger partial charge in [-0.1, -0.05) is 36.4 Å². The van der Waals surface area contributed by atoms with Gasteiger partial charge in [0.25, 0.3) is 0 Å². The molecule has 90 valence electrons. The molecule has 0 spiro atoms. The van der Waals surface area contributed by atoms with Crippen LogP contribution in [0.25, 0.3) is 22.0 Å². The minimum Gasteiger partial charge on any atom is -0.261 e. The van der Waals surface area contributed by atoms with Crippen LogP contribution < -0.4 is 5.32 Å². The molecule has 0 unspecified atom stereocenters. The summed E-state index contributed by atoms with van der Waals surface area (Å²) in [5.41, 5.74) is 1.79. The van der Waals surface area contributed by atoms with Crippen LogP contribution in [0.15, 0.2) is 54.7 Å². The first-order valence-electron chi connectivity index (χ1n) is 5.84. The van der Waals surface area contributed by atoms with Crippen molar-refractivity contribution < 1.29 is 0 Å². The van der Waals surface area contributed by atoms with Crippen molar-refractivity contribution >= 4 is 16.7 Å².